The lowest BCUT2D eigenvalue weighted by Gasteiger charge is -2.20. The van der Waals surface area contributed by atoms with Gasteiger partial charge in [0.1, 0.15) is 0 Å². The van der Waals surface area contributed by atoms with Crippen molar-refractivity contribution in [3.05, 3.63) is 35.9 Å². The number of aliphatic carboxylic acids is 1. The van der Waals surface area contributed by atoms with Gasteiger partial charge in [-0.2, -0.15) is 0 Å². The molecule has 4 heteroatoms. The molecule has 1 aromatic rings. The smallest absolute Gasteiger partial charge is 0.308 e. The Balaban J connectivity index is 2.32. The highest BCUT2D eigenvalue weighted by molar-refractivity contribution is 5.79. The lowest BCUT2D eigenvalue weighted by atomic mass is 9.98. The minimum Gasteiger partial charge on any atom is -0.481 e. The van der Waals surface area contributed by atoms with Crippen molar-refractivity contribution < 1.29 is 14.7 Å². The normalized spacial score (nSPS) is 15.0. The number of carbonyl (C=O) groups is 2. The third-order valence-electron chi connectivity index (χ3n) is 3.90. The summed E-state index contributed by atoms with van der Waals surface area (Å²) in [6.07, 6.45) is 2.70. The monoisotopic (exact) mass is 291 g/mol. The van der Waals surface area contributed by atoms with Gasteiger partial charge in [0, 0.05) is 12.0 Å². The Morgan fingerprint density at radius 2 is 1.76 bits per heavy atom. The molecule has 0 heterocycles. The van der Waals surface area contributed by atoms with E-state index >= 15 is 0 Å². The SMILES string of the molecule is CC(CCCc1ccccc1)C(=O)NC(C)C(C)C(=O)O. The summed E-state index contributed by atoms with van der Waals surface area (Å²) in [7, 11) is 0. The summed E-state index contributed by atoms with van der Waals surface area (Å²) < 4.78 is 0. The van der Waals surface area contributed by atoms with Gasteiger partial charge in [0.25, 0.3) is 0 Å². The molecule has 2 N–H and O–H groups in total. The van der Waals surface area contributed by atoms with E-state index in [2.05, 4.69) is 17.4 Å². The molecule has 21 heavy (non-hydrogen) atoms. The molecular formula is C17H25NO3. The Hall–Kier alpha value is -1.84. The van der Waals surface area contributed by atoms with Crippen LogP contribution >= 0.6 is 0 Å². The largest absolute Gasteiger partial charge is 0.481 e. The van der Waals surface area contributed by atoms with Crippen LogP contribution < -0.4 is 5.32 Å². The molecule has 0 aliphatic heterocycles. The molecule has 0 aliphatic rings. The zero-order valence-electron chi connectivity index (χ0n) is 13.0. The molecule has 0 bridgehead atoms. The van der Waals surface area contributed by atoms with Gasteiger partial charge in [-0.1, -0.05) is 37.3 Å². The van der Waals surface area contributed by atoms with Gasteiger partial charge >= 0.3 is 5.97 Å². The molecule has 4 nitrogen and oxygen atoms in total. The fourth-order valence-electron chi connectivity index (χ4n) is 2.09. The maximum absolute atomic E-state index is 12.0. The van der Waals surface area contributed by atoms with Crippen molar-refractivity contribution in [3.8, 4) is 0 Å². The average Bonchev–Trinajstić information content (AvgIpc) is 2.47. The molecule has 1 amide bonds. The maximum Gasteiger partial charge on any atom is 0.308 e. The lowest BCUT2D eigenvalue weighted by molar-refractivity contribution is -0.142. The minimum atomic E-state index is -0.889. The highest BCUT2D eigenvalue weighted by atomic mass is 16.4. The summed E-state index contributed by atoms with van der Waals surface area (Å²) >= 11 is 0. The van der Waals surface area contributed by atoms with Crippen LogP contribution in [-0.4, -0.2) is 23.0 Å². The van der Waals surface area contributed by atoms with Gasteiger partial charge in [0.2, 0.25) is 5.91 Å². The third kappa shape index (κ3) is 5.98. The standard InChI is InChI=1S/C17H25NO3/c1-12(8-7-11-15-9-5-4-6-10-15)16(19)18-14(3)13(2)17(20)21/h4-6,9-10,12-14H,7-8,11H2,1-3H3,(H,18,19)(H,20,21). The van der Waals surface area contributed by atoms with Gasteiger partial charge in [-0.05, 0) is 38.7 Å². The zero-order valence-corrected chi connectivity index (χ0v) is 13.0. The van der Waals surface area contributed by atoms with Crippen molar-refractivity contribution in [3.63, 3.8) is 0 Å². The first-order valence-corrected chi connectivity index (χ1v) is 7.49. The third-order valence-corrected chi connectivity index (χ3v) is 3.90. The molecule has 116 valence electrons. The molecule has 3 unspecified atom stereocenters. The van der Waals surface area contributed by atoms with E-state index in [1.165, 1.54) is 5.56 Å². The predicted octanol–water partition coefficient (Wildman–Crippen LogP) is 2.87. The number of amides is 1. The molecule has 0 saturated carbocycles. The zero-order chi connectivity index (χ0) is 15.8. The van der Waals surface area contributed by atoms with E-state index in [4.69, 9.17) is 5.11 Å². The summed E-state index contributed by atoms with van der Waals surface area (Å²) in [6.45, 7) is 5.22. The summed E-state index contributed by atoms with van der Waals surface area (Å²) in [5.41, 5.74) is 1.28. The molecule has 0 radical (unpaired) electrons. The van der Waals surface area contributed by atoms with Crippen molar-refractivity contribution >= 4 is 11.9 Å². The molecule has 0 aromatic heterocycles. The first-order valence-electron chi connectivity index (χ1n) is 7.49. The number of carbonyl (C=O) groups excluding carboxylic acids is 1. The van der Waals surface area contributed by atoms with Crippen LogP contribution in [0.3, 0.4) is 0 Å². The number of rotatable bonds is 8. The van der Waals surface area contributed by atoms with Crippen LogP contribution in [0.4, 0.5) is 0 Å². The molecule has 1 rings (SSSR count). The van der Waals surface area contributed by atoms with Gasteiger partial charge in [0.05, 0.1) is 5.92 Å². The Bertz CT molecular complexity index is 458. The topological polar surface area (TPSA) is 66.4 Å². The van der Waals surface area contributed by atoms with E-state index in [1.807, 2.05) is 25.1 Å². The lowest BCUT2D eigenvalue weighted by Crippen LogP contribution is -2.42. The first kappa shape index (κ1) is 17.2. The second-order valence-electron chi connectivity index (χ2n) is 5.70. The van der Waals surface area contributed by atoms with Gasteiger partial charge in [-0.3, -0.25) is 9.59 Å². The number of aryl methyl sites for hydroxylation is 1. The molecular weight excluding hydrogens is 266 g/mol. The summed E-state index contributed by atoms with van der Waals surface area (Å²) in [4.78, 5) is 22.9. The number of carboxylic acid groups (broad SMARTS) is 1. The highest BCUT2D eigenvalue weighted by Gasteiger charge is 2.22. The number of hydrogen-bond donors (Lipinski definition) is 2. The molecule has 3 atom stereocenters. The van der Waals surface area contributed by atoms with Gasteiger partial charge in [0.15, 0.2) is 0 Å². The van der Waals surface area contributed by atoms with Crippen LogP contribution in [0.5, 0.6) is 0 Å². The number of benzene rings is 1. The van der Waals surface area contributed by atoms with E-state index in [0.29, 0.717) is 0 Å². The number of hydrogen-bond acceptors (Lipinski definition) is 2. The van der Waals surface area contributed by atoms with Crippen LogP contribution in [0, 0.1) is 11.8 Å². The van der Waals surface area contributed by atoms with Crippen molar-refractivity contribution in [2.45, 2.75) is 46.1 Å². The van der Waals surface area contributed by atoms with Gasteiger partial charge < -0.3 is 10.4 Å². The highest BCUT2D eigenvalue weighted by Crippen LogP contribution is 2.12. The van der Waals surface area contributed by atoms with Gasteiger partial charge in [-0.25, -0.2) is 0 Å². The molecule has 1 aromatic carbocycles. The van der Waals surface area contributed by atoms with E-state index in [9.17, 15) is 9.59 Å². The fourth-order valence-corrected chi connectivity index (χ4v) is 2.09. The van der Waals surface area contributed by atoms with Crippen LogP contribution in [-0.2, 0) is 16.0 Å². The Morgan fingerprint density at radius 3 is 2.33 bits per heavy atom. The second kappa shape index (κ2) is 8.45. The maximum atomic E-state index is 12.0. The predicted molar refractivity (Wildman–Crippen MR) is 82.9 cm³/mol. The number of carboxylic acids is 1. The van der Waals surface area contributed by atoms with Crippen LogP contribution in [0.25, 0.3) is 0 Å². The Labute approximate surface area is 126 Å². The summed E-state index contributed by atoms with van der Waals surface area (Å²) in [5.74, 6) is -1.63. The average molecular weight is 291 g/mol. The molecule has 0 aliphatic carbocycles. The Morgan fingerprint density at radius 1 is 1.14 bits per heavy atom. The van der Waals surface area contributed by atoms with Crippen molar-refractivity contribution in [2.24, 2.45) is 11.8 Å². The fraction of sp³-hybridized carbons (Fsp3) is 0.529. The van der Waals surface area contributed by atoms with E-state index in [-0.39, 0.29) is 17.9 Å². The van der Waals surface area contributed by atoms with Crippen LogP contribution in [0.2, 0.25) is 0 Å². The van der Waals surface area contributed by atoms with E-state index < -0.39 is 11.9 Å². The molecule has 0 saturated heterocycles. The quantitative estimate of drug-likeness (QED) is 0.774. The van der Waals surface area contributed by atoms with E-state index in [1.54, 1.807) is 13.8 Å². The summed E-state index contributed by atoms with van der Waals surface area (Å²) in [5, 5.41) is 11.7. The second-order valence-corrected chi connectivity index (χ2v) is 5.70. The first-order chi connectivity index (χ1) is 9.91. The summed E-state index contributed by atoms with van der Waals surface area (Å²) in [6, 6.07) is 9.83. The molecule has 0 fully saturated rings. The minimum absolute atomic E-state index is 0.0661. The Kier molecular flexibility index (Phi) is 6.92. The van der Waals surface area contributed by atoms with Crippen molar-refractivity contribution in [2.75, 3.05) is 0 Å². The van der Waals surface area contributed by atoms with Crippen molar-refractivity contribution in [1.29, 1.82) is 0 Å². The molecule has 0 spiro atoms. The van der Waals surface area contributed by atoms with Gasteiger partial charge in [-0.15, -0.1) is 0 Å². The van der Waals surface area contributed by atoms with Crippen LogP contribution in [0.1, 0.15) is 39.2 Å². The van der Waals surface area contributed by atoms with Crippen molar-refractivity contribution in [1.82, 2.24) is 5.32 Å². The van der Waals surface area contributed by atoms with Crippen LogP contribution in [0.15, 0.2) is 30.3 Å². The number of nitrogens with one attached hydrogen (secondary N) is 1. The van der Waals surface area contributed by atoms with E-state index in [0.717, 1.165) is 19.3 Å².